The summed E-state index contributed by atoms with van der Waals surface area (Å²) in [7, 11) is 0. The van der Waals surface area contributed by atoms with E-state index in [1.54, 1.807) is 0 Å². The summed E-state index contributed by atoms with van der Waals surface area (Å²) in [5, 5.41) is 0. The summed E-state index contributed by atoms with van der Waals surface area (Å²) in [6.07, 6.45) is 4.80. The zero-order valence-corrected chi connectivity index (χ0v) is 16.8. The van der Waals surface area contributed by atoms with E-state index in [2.05, 4.69) is 0 Å². The number of ether oxygens (including phenoxy) is 1. The van der Waals surface area contributed by atoms with Gasteiger partial charge in [-0.15, -0.1) is 0 Å². The zero-order chi connectivity index (χ0) is 22.0. The summed E-state index contributed by atoms with van der Waals surface area (Å²) >= 11 is 0. The van der Waals surface area contributed by atoms with Crippen LogP contribution in [0.15, 0.2) is 30.4 Å². The minimum Gasteiger partial charge on any atom is -0.456 e. The van der Waals surface area contributed by atoms with Crippen LogP contribution in [0.5, 0.6) is 0 Å². The van der Waals surface area contributed by atoms with Gasteiger partial charge >= 0.3 is 5.97 Å². The van der Waals surface area contributed by atoms with Gasteiger partial charge in [-0.1, -0.05) is 26.0 Å². The molecule has 0 spiro atoms. The Morgan fingerprint density at radius 2 is 1.67 bits per heavy atom. The molecule has 1 saturated heterocycles. The van der Waals surface area contributed by atoms with E-state index in [9.17, 15) is 28.0 Å². The number of amides is 2. The number of likely N-dealkylation sites (tertiary alicyclic amines) is 1. The number of rotatable bonds is 7. The summed E-state index contributed by atoms with van der Waals surface area (Å²) in [5.74, 6) is -5.64. The minimum atomic E-state index is -1.19. The van der Waals surface area contributed by atoms with Gasteiger partial charge in [-0.2, -0.15) is 0 Å². The van der Waals surface area contributed by atoms with E-state index in [-0.39, 0.29) is 17.9 Å². The fourth-order valence-corrected chi connectivity index (χ4v) is 3.87. The molecular formula is C22H23F2NO5. The number of imide groups is 1. The van der Waals surface area contributed by atoms with Gasteiger partial charge in [0.1, 0.15) is 6.04 Å². The molecular weight excluding hydrogens is 396 g/mol. The lowest BCUT2D eigenvalue weighted by atomic mass is 9.85. The average molecular weight is 419 g/mol. The Labute approximate surface area is 172 Å². The van der Waals surface area contributed by atoms with Crippen molar-refractivity contribution < 1.29 is 32.7 Å². The molecule has 1 aliphatic carbocycles. The second kappa shape index (κ2) is 8.85. The van der Waals surface area contributed by atoms with Crippen molar-refractivity contribution in [1.29, 1.82) is 0 Å². The Morgan fingerprint density at radius 1 is 1.07 bits per heavy atom. The molecule has 2 amide bonds. The highest BCUT2D eigenvalue weighted by atomic mass is 19.2. The molecule has 1 aromatic carbocycles. The third-order valence-corrected chi connectivity index (χ3v) is 5.41. The number of nitrogens with zero attached hydrogens (tertiary/aromatic N) is 1. The number of hydrogen-bond acceptors (Lipinski definition) is 5. The van der Waals surface area contributed by atoms with Crippen LogP contribution in [0.25, 0.3) is 0 Å². The third-order valence-electron chi connectivity index (χ3n) is 5.41. The molecule has 0 aromatic heterocycles. The number of fused-ring (bicyclic) bond motifs is 1. The van der Waals surface area contributed by atoms with Crippen molar-refractivity contribution >= 4 is 23.6 Å². The van der Waals surface area contributed by atoms with Crippen LogP contribution < -0.4 is 0 Å². The van der Waals surface area contributed by atoms with Crippen molar-refractivity contribution in [2.75, 3.05) is 6.61 Å². The summed E-state index contributed by atoms with van der Waals surface area (Å²) in [6.45, 7) is 2.97. The molecule has 1 fully saturated rings. The molecule has 30 heavy (non-hydrogen) atoms. The average Bonchev–Trinajstić information content (AvgIpc) is 2.96. The summed E-state index contributed by atoms with van der Waals surface area (Å²) in [5.41, 5.74) is -0.146. The zero-order valence-electron chi connectivity index (χ0n) is 16.8. The number of esters is 1. The molecule has 1 aromatic rings. The SMILES string of the molecule is CC(C)CC(C(=O)OCC(=O)c1ccc(F)c(F)c1)N1C(=O)C2CC=CCC2C1=O. The summed E-state index contributed by atoms with van der Waals surface area (Å²) in [4.78, 5) is 51.6. The fourth-order valence-electron chi connectivity index (χ4n) is 3.87. The highest BCUT2D eigenvalue weighted by Gasteiger charge is 2.51. The van der Waals surface area contributed by atoms with Gasteiger partial charge in [0.2, 0.25) is 11.8 Å². The van der Waals surface area contributed by atoms with Gasteiger partial charge in [0, 0.05) is 5.56 Å². The van der Waals surface area contributed by atoms with Crippen LogP contribution in [0.1, 0.15) is 43.5 Å². The number of carbonyl (C=O) groups is 4. The molecule has 1 heterocycles. The van der Waals surface area contributed by atoms with Crippen LogP contribution in [-0.2, 0) is 19.1 Å². The van der Waals surface area contributed by atoms with Gasteiger partial charge in [-0.25, -0.2) is 13.6 Å². The van der Waals surface area contributed by atoms with E-state index in [0.29, 0.717) is 12.8 Å². The van der Waals surface area contributed by atoms with Crippen molar-refractivity contribution in [3.05, 3.63) is 47.5 Å². The molecule has 6 nitrogen and oxygen atoms in total. The lowest BCUT2D eigenvalue weighted by Gasteiger charge is -2.26. The largest absolute Gasteiger partial charge is 0.456 e. The maximum absolute atomic E-state index is 13.3. The van der Waals surface area contributed by atoms with Crippen molar-refractivity contribution in [1.82, 2.24) is 4.90 Å². The number of ketones is 1. The maximum atomic E-state index is 13.3. The monoisotopic (exact) mass is 419 g/mol. The summed E-state index contributed by atoms with van der Waals surface area (Å²) < 4.78 is 31.4. The first-order valence-electron chi connectivity index (χ1n) is 9.87. The molecule has 0 radical (unpaired) electrons. The van der Waals surface area contributed by atoms with E-state index in [1.165, 1.54) is 0 Å². The van der Waals surface area contributed by atoms with Crippen LogP contribution in [0, 0.1) is 29.4 Å². The van der Waals surface area contributed by atoms with Crippen LogP contribution in [0.4, 0.5) is 8.78 Å². The van der Waals surface area contributed by atoms with Crippen molar-refractivity contribution in [2.24, 2.45) is 17.8 Å². The smallest absolute Gasteiger partial charge is 0.329 e. The number of Topliss-reactive ketones (excluding diaryl/α,β-unsaturated/α-hetero) is 1. The Kier molecular flexibility index (Phi) is 6.43. The third kappa shape index (κ3) is 4.32. The standard InChI is InChI=1S/C22H23F2NO5/c1-12(2)9-18(25-20(27)14-5-3-4-6-15(14)21(25)28)22(29)30-11-19(26)13-7-8-16(23)17(24)10-13/h3-4,7-8,10,12,14-15,18H,5-6,9,11H2,1-2H3. The van der Waals surface area contributed by atoms with Gasteiger partial charge in [0.05, 0.1) is 11.8 Å². The van der Waals surface area contributed by atoms with Crippen molar-refractivity contribution in [2.45, 2.75) is 39.2 Å². The first kappa shape index (κ1) is 21.8. The lowest BCUT2D eigenvalue weighted by molar-refractivity contribution is -0.158. The molecule has 0 bridgehead atoms. The molecule has 3 unspecified atom stereocenters. The van der Waals surface area contributed by atoms with Gasteiger partial charge in [0.25, 0.3) is 0 Å². The molecule has 0 N–H and O–H groups in total. The quantitative estimate of drug-likeness (QED) is 0.294. The molecule has 1 aliphatic heterocycles. The molecule has 8 heteroatoms. The first-order chi connectivity index (χ1) is 14.2. The van der Waals surface area contributed by atoms with E-state index in [1.807, 2.05) is 26.0 Å². The maximum Gasteiger partial charge on any atom is 0.329 e. The predicted octanol–water partition coefficient (Wildman–Crippen LogP) is 3.06. The van der Waals surface area contributed by atoms with Gasteiger partial charge in [0.15, 0.2) is 24.0 Å². The Morgan fingerprint density at radius 3 is 2.20 bits per heavy atom. The molecule has 2 aliphatic rings. The number of hydrogen-bond donors (Lipinski definition) is 0. The van der Waals surface area contributed by atoms with E-state index in [4.69, 9.17) is 4.74 Å². The fraction of sp³-hybridized carbons (Fsp3) is 0.455. The number of halogens is 2. The number of benzene rings is 1. The molecule has 160 valence electrons. The van der Waals surface area contributed by atoms with Gasteiger partial charge in [-0.3, -0.25) is 19.3 Å². The predicted molar refractivity (Wildman–Crippen MR) is 102 cm³/mol. The van der Waals surface area contributed by atoms with E-state index >= 15 is 0 Å². The van der Waals surface area contributed by atoms with Crippen molar-refractivity contribution in [3.8, 4) is 0 Å². The van der Waals surface area contributed by atoms with Crippen LogP contribution >= 0.6 is 0 Å². The minimum absolute atomic E-state index is 0.0224. The van der Waals surface area contributed by atoms with Crippen LogP contribution in [0.2, 0.25) is 0 Å². The molecule has 0 saturated carbocycles. The van der Waals surface area contributed by atoms with Crippen molar-refractivity contribution in [3.63, 3.8) is 0 Å². The Hall–Kier alpha value is -2.90. The lowest BCUT2D eigenvalue weighted by Crippen LogP contribution is -2.47. The highest BCUT2D eigenvalue weighted by molar-refractivity contribution is 6.08. The van der Waals surface area contributed by atoms with Gasteiger partial charge < -0.3 is 4.74 Å². The normalized spacial score (nSPS) is 21.7. The first-order valence-corrected chi connectivity index (χ1v) is 9.87. The number of carbonyl (C=O) groups excluding carboxylic acids is 4. The second-order valence-corrected chi connectivity index (χ2v) is 8.01. The van der Waals surface area contributed by atoms with Crippen LogP contribution in [-0.4, -0.2) is 41.1 Å². The number of allylic oxidation sites excluding steroid dienone is 2. The van der Waals surface area contributed by atoms with Gasteiger partial charge in [-0.05, 0) is 43.4 Å². The summed E-state index contributed by atoms with van der Waals surface area (Å²) in [6, 6.07) is 1.49. The van der Waals surface area contributed by atoms with E-state index in [0.717, 1.165) is 23.1 Å². The Balaban J connectivity index is 1.73. The van der Waals surface area contributed by atoms with Crippen LogP contribution in [0.3, 0.4) is 0 Å². The second-order valence-electron chi connectivity index (χ2n) is 8.01. The molecule has 3 atom stereocenters. The highest BCUT2D eigenvalue weighted by Crippen LogP contribution is 2.37. The molecule has 3 rings (SSSR count). The Bertz CT molecular complexity index is 885. The van der Waals surface area contributed by atoms with E-state index < -0.39 is 59.7 Å². The topological polar surface area (TPSA) is 80.8 Å².